The Morgan fingerprint density at radius 2 is 1.43 bits per heavy atom. The molecule has 0 aromatic carbocycles. The summed E-state index contributed by atoms with van der Waals surface area (Å²) >= 11 is 2.20. The maximum absolute atomic E-state index is 5.10. The Kier molecular flexibility index (Phi) is 18.6. The predicted octanol–water partition coefficient (Wildman–Crippen LogP) is -0.927. The van der Waals surface area contributed by atoms with Gasteiger partial charge in [0.2, 0.25) is 0 Å². The fourth-order valence-corrected chi connectivity index (χ4v) is 0. The monoisotopic (exact) mass is 366 g/mol. The zero-order valence-corrected chi connectivity index (χ0v) is 10.4. The molecule has 0 aliphatic carbocycles. The van der Waals surface area contributed by atoms with Gasteiger partial charge in [-0.1, -0.05) is 0 Å². The molecular formula is C3H9ClI2S. The molecule has 0 unspecified atom stereocenters. The summed E-state index contributed by atoms with van der Waals surface area (Å²) in [5, 5.41) is 0. The molecule has 0 saturated heterocycles. The summed E-state index contributed by atoms with van der Waals surface area (Å²) in [4.78, 5) is 0. The molecule has 0 N–H and O–H groups in total. The third kappa shape index (κ3) is 68.3. The van der Waals surface area contributed by atoms with Crippen molar-refractivity contribution in [2.24, 2.45) is 0 Å². The van der Waals surface area contributed by atoms with E-state index in [-0.39, 0.29) is 16.1 Å². The molecule has 0 saturated carbocycles. The van der Waals surface area contributed by atoms with Crippen molar-refractivity contribution in [2.45, 2.75) is 0 Å². The molecule has 0 aliphatic rings. The first-order valence-electron chi connectivity index (χ1n) is 1.51. The van der Waals surface area contributed by atoms with Crippen LogP contribution in [0, 0.1) is 0 Å². The van der Waals surface area contributed by atoms with E-state index >= 15 is 0 Å². The standard InChI is InChI=1S/C3H9S.ClI2/c1-4(2)3;1-3-2/h1-3H3;/q+1;-1. The molecule has 0 amide bonds. The maximum atomic E-state index is 5.10. The van der Waals surface area contributed by atoms with Crippen LogP contribution >= 0.6 is 27.5 Å². The van der Waals surface area contributed by atoms with E-state index in [9.17, 15) is 0 Å². The second kappa shape index (κ2) is 11.0. The Morgan fingerprint density at radius 3 is 1.43 bits per heavy atom. The molecule has 0 atom stereocenters. The van der Waals surface area contributed by atoms with E-state index in [1.165, 1.54) is 0 Å². The van der Waals surface area contributed by atoms with Crippen LogP contribution in [-0.4, -0.2) is 18.8 Å². The SMILES string of the molecule is C[S+](C)C.Cl[I-]I. The zero-order valence-electron chi connectivity index (χ0n) is 4.54. The van der Waals surface area contributed by atoms with Crippen molar-refractivity contribution >= 4 is 38.4 Å². The van der Waals surface area contributed by atoms with Crippen molar-refractivity contribution in [1.29, 1.82) is 0 Å². The first-order chi connectivity index (χ1) is 3.15. The van der Waals surface area contributed by atoms with Gasteiger partial charge in [0, 0.05) is 0 Å². The Hall–Kier alpha value is 2.10. The third-order valence-corrected chi connectivity index (χ3v) is 0. The second-order valence-electron chi connectivity index (χ2n) is 1.28. The fourth-order valence-electron chi connectivity index (χ4n) is 0. The van der Waals surface area contributed by atoms with Gasteiger partial charge in [0.25, 0.3) is 0 Å². The van der Waals surface area contributed by atoms with Crippen molar-refractivity contribution in [3.8, 4) is 0 Å². The molecule has 0 spiro atoms. The number of rotatable bonds is 0. The van der Waals surface area contributed by atoms with Gasteiger partial charge in [0.15, 0.2) is 0 Å². The first-order valence-corrected chi connectivity index (χ1v) is 13.0. The summed E-state index contributed by atoms with van der Waals surface area (Å²) in [6.07, 6.45) is 6.58. The molecule has 7 heavy (non-hydrogen) atoms. The second-order valence-corrected chi connectivity index (χ2v) is 11.0. The summed E-state index contributed by atoms with van der Waals surface area (Å²) in [5.74, 6) is 0. The topological polar surface area (TPSA) is 0 Å². The van der Waals surface area contributed by atoms with Crippen LogP contribution in [0.3, 0.4) is 0 Å². The summed E-state index contributed by atoms with van der Waals surface area (Å²) in [6, 6.07) is 0. The fraction of sp³-hybridized carbons (Fsp3) is 1.00. The molecule has 0 rings (SSSR count). The third-order valence-electron chi connectivity index (χ3n) is 0. The Labute approximate surface area is 72.3 Å². The van der Waals surface area contributed by atoms with Gasteiger partial charge in [-0.05, 0) is 10.9 Å². The van der Waals surface area contributed by atoms with Crippen LogP contribution in [-0.2, 0) is 10.9 Å². The van der Waals surface area contributed by atoms with Gasteiger partial charge in [-0.25, -0.2) is 0 Å². The molecule has 48 valence electrons. The van der Waals surface area contributed by atoms with Gasteiger partial charge in [-0.2, -0.15) is 0 Å². The van der Waals surface area contributed by atoms with Crippen LogP contribution in [0.15, 0.2) is 0 Å². The predicted molar refractivity (Wildman–Crippen MR) is 45.0 cm³/mol. The van der Waals surface area contributed by atoms with Gasteiger partial charge in [-0.3, -0.25) is 0 Å². The summed E-state index contributed by atoms with van der Waals surface area (Å²) in [7, 11) is 5.73. The zero-order chi connectivity index (χ0) is 6.28. The normalized spacial score (nSPS) is 8.29. The summed E-state index contributed by atoms with van der Waals surface area (Å²) in [6.45, 7) is 0. The quantitative estimate of drug-likeness (QED) is 0.384. The number of halogens is 3. The molecule has 0 fully saturated rings. The van der Waals surface area contributed by atoms with Crippen LogP contribution in [0.25, 0.3) is 0 Å². The molecule has 0 aromatic rings. The Morgan fingerprint density at radius 1 is 1.43 bits per heavy atom. The molecule has 4 heteroatoms. The number of hydrogen-bond donors (Lipinski definition) is 0. The Balaban J connectivity index is 0. The van der Waals surface area contributed by atoms with E-state index in [1.54, 1.807) is 0 Å². The van der Waals surface area contributed by atoms with Crippen LogP contribution in [0.4, 0.5) is 0 Å². The van der Waals surface area contributed by atoms with Crippen molar-refractivity contribution in [3.63, 3.8) is 0 Å². The van der Waals surface area contributed by atoms with E-state index in [0.717, 1.165) is 0 Å². The molecule has 0 aromatic heterocycles. The van der Waals surface area contributed by atoms with Crippen molar-refractivity contribution < 1.29 is 16.1 Å². The Bertz CT molecular complexity index is 24.1. The van der Waals surface area contributed by atoms with Crippen molar-refractivity contribution in [2.75, 3.05) is 18.8 Å². The van der Waals surface area contributed by atoms with Crippen LogP contribution in [0.5, 0.6) is 0 Å². The van der Waals surface area contributed by atoms with Gasteiger partial charge >= 0.3 is 43.6 Å². The molecule has 0 nitrogen and oxygen atoms in total. The molecule has 0 aliphatic heterocycles. The van der Waals surface area contributed by atoms with Crippen LogP contribution in [0.2, 0.25) is 0 Å². The van der Waals surface area contributed by atoms with Crippen molar-refractivity contribution in [3.05, 3.63) is 0 Å². The molecular weight excluding hydrogens is 357 g/mol. The minimum atomic E-state index is 0.0322. The van der Waals surface area contributed by atoms with E-state index in [4.69, 9.17) is 8.91 Å². The molecule has 0 heterocycles. The molecule has 0 radical (unpaired) electrons. The summed E-state index contributed by atoms with van der Waals surface area (Å²) < 4.78 is 0. The summed E-state index contributed by atoms with van der Waals surface area (Å²) in [5.41, 5.74) is 0. The van der Waals surface area contributed by atoms with E-state index in [0.29, 0.717) is 10.9 Å². The van der Waals surface area contributed by atoms with Crippen LogP contribution in [0.1, 0.15) is 0 Å². The van der Waals surface area contributed by atoms with Gasteiger partial charge < -0.3 is 0 Å². The molecule has 0 bridgehead atoms. The number of hydrogen-bond acceptors (Lipinski definition) is 0. The van der Waals surface area contributed by atoms with E-state index < -0.39 is 0 Å². The average Bonchev–Trinajstić information content (AvgIpc) is 1.33. The van der Waals surface area contributed by atoms with E-state index in [1.807, 2.05) is 0 Å². The van der Waals surface area contributed by atoms with E-state index in [2.05, 4.69) is 37.4 Å². The van der Waals surface area contributed by atoms with Crippen LogP contribution < -0.4 is 16.1 Å². The van der Waals surface area contributed by atoms with Gasteiger partial charge in [0.05, 0.1) is 18.8 Å². The minimum absolute atomic E-state index is 0.0322. The average molecular weight is 366 g/mol. The van der Waals surface area contributed by atoms with Gasteiger partial charge in [0.1, 0.15) is 0 Å². The van der Waals surface area contributed by atoms with Gasteiger partial charge in [-0.15, -0.1) is 0 Å². The van der Waals surface area contributed by atoms with Crippen molar-refractivity contribution in [1.82, 2.24) is 0 Å². The first kappa shape index (κ1) is 11.8.